The Balaban J connectivity index is 2.41. The van der Waals surface area contributed by atoms with E-state index in [-0.39, 0.29) is 22.5 Å². The van der Waals surface area contributed by atoms with Gasteiger partial charge in [-0.15, -0.1) is 0 Å². The molecule has 9 heteroatoms. The highest BCUT2D eigenvalue weighted by Crippen LogP contribution is 2.33. The zero-order valence-corrected chi connectivity index (χ0v) is 14.0. The van der Waals surface area contributed by atoms with E-state index in [0.717, 1.165) is 18.9 Å². The molecule has 0 aliphatic carbocycles. The zero-order chi connectivity index (χ0) is 17.2. The molecular weight excluding hydrogens is 320 g/mol. The minimum atomic E-state index is -3.72. The predicted octanol–water partition coefficient (Wildman–Crippen LogP) is 1.07. The summed E-state index contributed by atoms with van der Waals surface area (Å²) in [5.41, 5.74) is 6.19. The molecule has 1 saturated heterocycles. The van der Waals surface area contributed by atoms with Gasteiger partial charge in [-0.3, -0.25) is 10.1 Å². The van der Waals surface area contributed by atoms with E-state index in [2.05, 4.69) is 4.72 Å². The van der Waals surface area contributed by atoms with Crippen molar-refractivity contribution in [2.75, 3.05) is 25.0 Å². The van der Waals surface area contributed by atoms with Crippen LogP contribution in [0.15, 0.2) is 23.1 Å². The molecule has 1 aromatic carbocycles. The number of nitrogens with zero attached hydrogens (tertiary/aromatic N) is 2. The van der Waals surface area contributed by atoms with Crippen LogP contribution in [0.3, 0.4) is 0 Å². The highest BCUT2D eigenvalue weighted by Gasteiger charge is 2.28. The molecule has 2 atom stereocenters. The Hall–Kier alpha value is -1.71. The van der Waals surface area contributed by atoms with Crippen molar-refractivity contribution in [3.05, 3.63) is 28.3 Å². The first-order valence-corrected chi connectivity index (χ1v) is 8.97. The topological polar surface area (TPSA) is 119 Å². The average molecular weight is 342 g/mol. The van der Waals surface area contributed by atoms with Crippen molar-refractivity contribution >= 4 is 21.4 Å². The molecule has 0 radical (unpaired) electrons. The van der Waals surface area contributed by atoms with Crippen LogP contribution in [-0.2, 0) is 10.0 Å². The lowest BCUT2D eigenvalue weighted by Gasteiger charge is -2.35. The fourth-order valence-electron chi connectivity index (χ4n) is 2.86. The lowest BCUT2D eigenvalue weighted by Crippen LogP contribution is -2.42. The molecule has 1 aliphatic rings. The number of nitrogens with one attached hydrogen (secondary N) is 1. The molecule has 1 aliphatic heterocycles. The third kappa shape index (κ3) is 3.80. The normalized spacial score (nSPS) is 20.3. The minimum Gasteiger partial charge on any atom is -0.366 e. The lowest BCUT2D eigenvalue weighted by atomic mass is 9.92. The highest BCUT2D eigenvalue weighted by atomic mass is 32.2. The first kappa shape index (κ1) is 17.6. The number of nitro benzene ring substituents is 1. The van der Waals surface area contributed by atoms with Crippen molar-refractivity contribution in [1.82, 2.24) is 4.72 Å². The summed E-state index contributed by atoms with van der Waals surface area (Å²) in [5.74, 6) is 0.268. The molecule has 0 bridgehead atoms. The fourth-order valence-corrected chi connectivity index (χ4v) is 3.61. The number of benzene rings is 1. The number of nitrogens with two attached hydrogens (primary N) is 1. The van der Waals surface area contributed by atoms with Crippen LogP contribution in [-0.4, -0.2) is 39.5 Å². The van der Waals surface area contributed by atoms with Gasteiger partial charge in [0.1, 0.15) is 5.69 Å². The van der Waals surface area contributed by atoms with Gasteiger partial charge in [0, 0.05) is 25.2 Å². The molecular formula is C14H22N4O4S. The van der Waals surface area contributed by atoms with Gasteiger partial charge in [0.25, 0.3) is 5.69 Å². The van der Waals surface area contributed by atoms with E-state index in [9.17, 15) is 18.5 Å². The van der Waals surface area contributed by atoms with Gasteiger partial charge in [0.05, 0.1) is 9.82 Å². The molecule has 23 heavy (non-hydrogen) atoms. The number of sulfonamides is 1. The Kier molecular flexibility index (Phi) is 5.23. The van der Waals surface area contributed by atoms with Crippen LogP contribution in [0.2, 0.25) is 0 Å². The van der Waals surface area contributed by atoms with Crippen molar-refractivity contribution in [3.8, 4) is 0 Å². The molecule has 1 aromatic rings. The smallest absolute Gasteiger partial charge is 0.293 e. The maximum atomic E-state index is 11.8. The lowest BCUT2D eigenvalue weighted by molar-refractivity contribution is -0.384. The van der Waals surface area contributed by atoms with Crippen LogP contribution in [0.1, 0.15) is 19.8 Å². The second kappa shape index (κ2) is 6.81. The van der Waals surface area contributed by atoms with E-state index in [1.165, 1.54) is 19.2 Å². The molecule has 0 aromatic heterocycles. The van der Waals surface area contributed by atoms with Crippen molar-refractivity contribution in [3.63, 3.8) is 0 Å². The summed E-state index contributed by atoms with van der Waals surface area (Å²) in [5, 5.41) is 11.4. The SMILES string of the molecule is CNS(=O)(=O)c1ccc(N2CCCC(C(C)N)C2)c([N+](=O)[O-])c1. The van der Waals surface area contributed by atoms with Gasteiger partial charge >= 0.3 is 0 Å². The Morgan fingerprint density at radius 3 is 2.74 bits per heavy atom. The standard InChI is InChI=1S/C14H22N4O4S/c1-10(15)11-4-3-7-17(9-11)13-6-5-12(23(21,22)16-2)8-14(13)18(19)20/h5-6,8,10-11,16H,3-4,7,9,15H2,1-2H3. The molecule has 0 spiro atoms. The first-order valence-electron chi connectivity index (χ1n) is 7.48. The molecule has 2 unspecified atom stereocenters. The predicted molar refractivity (Wildman–Crippen MR) is 87.9 cm³/mol. The average Bonchev–Trinajstić information content (AvgIpc) is 2.54. The largest absolute Gasteiger partial charge is 0.366 e. The maximum absolute atomic E-state index is 11.8. The van der Waals surface area contributed by atoms with Gasteiger partial charge < -0.3 is 10.6 Å². The van der Waals surface area contributed by atoms with Gasteiger partial charge in [-0.1, -0.05) is 0 Å². The van der Waals surface area contributed by atoms with Gasteiger partial charge in [-0.2, -0.15) is 0 Å². The van der Waals surface area contributed by atoms with E-state index in [0.29, 0.717) is 18.8 Å². The second-order valence-corrected chi connectivity index (χ2v) is 7.71. The zero-order valence-electron chi connectivity index (χ0n) is 13.2. The Labute approximate surface area is 135 Å². The maximum Gasteiger partial charge on any atom is 0.293 e. The number of piperidine rings is 1. The molecule has 8 nitrogen and oxygen atoms in total. The van der Waals surface area contributed by atoms with Gasteiger partial charge in [0.2, 0.25) is 10.0 Å². The third-order valence-electron chi connectivity index (χ3n) is 4.26. The van der Waals surface area contributed by atoms with E-state index >= 15 is 0 Å². The van der Waals surface area contributed by atoms with Crippen LogP contribution in [0.25, 0.3) is 0 Å². The van der Waals surface area contributed by atoms with E-state index < -0.39 is 14.9 Å². The highest BCUT2D eigenvalue weighted by molar-refractivity contribution is 7.89. The van der Waals surface area contributed by atoms with Gasteiger partial charge in [0.15, 0.2) is 0 Å². The minimum absolute atomic E-state index is 0.0146. The van der Waals surface area contributed by atoms with Gasteiger partial charge in [-0.25, -0.2) is 13.1 Å². The molecule has 1 fully saturated rings. The number of anilines is 1. The first-order chi connectivity index (χ1) is 10.8. The summed E-state index contributed by atoms with van der Waals surface area (Å²) in [6, 6.07) is 4.02. The van der Waals surface area contributed by atoms with E-state index in [1.54, 1.807) is 0 Å². The van der Waals surface area contributed by atoms with Crippen LogP contribution < -0.4 is 15.4 Å². The van der Waals surface area contributed by atoms with Crippen LogP contribution in [0, 0.1) is 16.0 Å². The summed E-state index contributed by atoms with van der Waals surface area (Å²) in [7, 11) is -2.45. The Morgan fingerprint density at radius 1 is 1.48 bits per heavy atom. The van der Waals surface area contributed by atoms with Crippen molar-refractivity contribution in [2.24, 2.45) is 11.7 Å². The summed E-state index contributed by atoms with van der Waals surface area (Å²) >= 11 is 0. The van der Waals surface area contributed by atoms with E-state index in [1.807, 2.05) is 11.8 Å². The summed E-state index contributed by atoms with van der Waals surface area (Å²) in [6.45, 7) is 3.27. The number of nitro groups is 1. The second-order valence-electron chi connectivity index (χ2n) is 5.82. The monoisotopic (exact) mass is 342 g/mol. The van der Waals surface area contributed by atoms with Crippen LogP contribution in [0.5, 0.6) is 0 Å². The molecule has 1 heterocycles. The Bertz CT molecular complexity index is 690. The van der Waals surface area contributed by atoms with E-state index in [4.69, 9.17) is 5.73 Å². The summed E-state index contributed by atoms with van der Waals surface area (Å²) < 4.78 is 25.8. The van der Waals surface area contributed by atoms with Crippen molar-refractivity contribution < 1.29 is 13.3 Å². The molecule has 0 saturated carbocycles. The molecule has 2 rings (SSSR count). The van der Waals surface area contributed by atoms with Crippen LogP contribution >= 0.6 is 0 Å². The van der Waals surface area contributed by atoms with Crippen molar-refractivity contribution in [1.29, 1.82) is 0 Å². The van der Waals surface area contributed by atoms with Gasteiger partial charge in [-0.05, 0) is 44.9 Å². The van der Waals surface area contributed by atoms with Crippen molar-refractivity contribution in [2.45, 2.75) is 30.7 Å². The molecule has 3 N–H and O–H groups in total. The fraction of sp³-hybridized carbons (Fsp3) is 0.571. The molecule has 128 valence electrons. The van der Waals surface area contributed by atoms with Crippen LogP contribution in [0.4, 0.5) is 11.4 Å². The quantitative estimate of drug-likeness (QED) is 0.610. The third-order valence-corrected chi connectivity index (χ3v) is 5.68. The Morgan fingerprint density at radius 2 is 2.17 bits per heavy atom. The summed E-state index contributed by atoms with van der Waals surface area (Å²) in [4.78, 5) is 12.7. The number of hydrogen-bond acceptors (Lipinski definition) is 6. The summed E-state index contributed by atoms with van der Waals surface area (Å²) in [6.07, 6.45) is 1.90. The number of hydrogen-bond donors (Lipinski definition) is 2. The molecule has 0 amide bonds. The number of rotatable bonds is 5.